The standard InChI is InChI=1S/C18H15BrClN3O3/c19-12-6-11(16(24)14(20)7-12)8-22-23-18(26)15-13(9-21-17(15)25)10-4-2-1-3-5-10/h1-8,13,15,24H,9H2,(H,21,25)(H,23,26)/b22-8+/t13-,15+/m0/s1. The number of phenols is 1. The number of benzene rings is 2. The normalized spacial score (nSPS) is 19.5. The number of hydrogen-bond donors (Lipinski definition) is 3. The number of hydrazone groups is 1. The number of amides is 2. The maximum atomic E-state index is 12.5. The third-order valence-corrected chi connectivity index (χ3v) is 4.87. The summed E-state index contributed by atoms with van der Waals surface area (Å²) in [6.45, 7) is 0.396. The third kappa shape index (κ3) is 3.89. The van der Waals surface area contributed by atoms with Gasteiger partial charge >= 0.3 is 0 Å². The molecular formula is C18H15BrClN3O3. The molecule has 1 saturated heterocycles. The van der Waals surface area contributed by atoms with Crippen LogP contribution in [0.4, 0.5) is 0 Å². The largest absolute Gasteiger partial charge is 0.506 e. The molecular weight excluding hydrogens is 422 g/mol. The van der Waals surface area contributed by atoms with Crippen molar-refractivity contribution in [1.29, 1.82) is 0 Å². The van der Waals surface area contributed by atoms with Crippen LogP contribution in [0.2, 0.25) is 5.02 Å². The summed E-state index contributed by atoms with van der Waals surface area (Å²) in [7, 11) is 0. The Bertz CT molecular complexity index is 873. The minimum Gasteiger partial charge on any atom is -0.506 e. The highest BCUT2D eigenvalue weighted by Crippen LogP contribution is 2.31. The number of rotatable bonds is 4. The summed E-state index contributed by atoms with van der Waals surface area (Å²) >= 11 is 9.15. The average molecular weight is 437 g/mol. The second-order valence-electron chi connectivity index (χ2n) is 5.80. The summed E-state index contributed by atoms with van der Waals surface area (Å²) in [5.41, 5.74) is 3.61. The minimum absolute atomic E-state index is 0.145. The van der Waals surface area contributed by atoms with Gasteiger partial charge in [-0.3, -0.25) is 9.59 Å². The van der Waals surface area contributed by atoms with Gasteiger partial charge in [-0.15, -0.1) is 0 Å². The van der Waals surface area contributed by atoms with Gasteiger partial charge in [0, 0.05) is 22.5 Å². The highest BCUT2D eigenvalue weighted by Gasteiger charge is 2.40. The zero-order valence-electron chi connectivity index (χ0n) is 13.4. The molecule has 1 heterocycles. The molecule has 6 nitrogen and oxygen atoms in total. The van der Waals surface area contributed by atoms with Crippen LogP contribution in [-0.2, 0) is 9.59 Å². The maximum absolute atomic E-state index is 12.5. The molecule has 0 aromatic heterocycles. The summed E-state index contributed by atoms with van der Waals surface area (Å²) in [5.74, 6) is -2.11. The molecule has 0 saturated carbocycles. The van der Waals surface area contributed by atoms with Gasteiger partial charge < -0.3 is 10.4 Å². The first-order chi connectivity index (χ1) is 12.5. The van der Waals surface area contributed by atoms with Gasteiger partial charge in [-0.1, -0.05) is 57.9 Å². The molecule has 2 amide bonds. The summed E-state index contributed by atoms with van der Waals surface area (Å²) in [6, 6.07) is 12.5. The van der Waals surface area contributed by atoms with Gasteiger partial charge in [0.2, 0.25) is 5.91 Å². The number of carbonyl (C=O) groups excluding carboxylic acids is 2. The zero-order chi connectivity index (χ0) is 18.7. The van der Waals surface area contributed by atoms with Crippen LogP contribution in [0.5, 0.6) is 5.75 Å². The highest BCUT2D eigenvalue weighted by molar-refractivity contribution is 9.10. The van der Waals surface area contributed by atoms with E-state index in [4.69, 9.17) is 11.6 Å². The highest BCUT2D eigenvalue weighted by atomic mass is 79.9. The van der Waals surface area contributed by atoms with E-state index in [0.717, 1.165) is 5.56 Å². The van der Waals surface area contributed by atoms with Crippen LogP contribution in [-0.4, -0.2) is 29.7 Å². The maximum Gasteiger partial charge on any atom is 0.253 e. The molecule has 0 unspecified atom stereocenters. The van der Waals surface area contributed by atoms with Crippen molar-refractivity contribution in [2.45, 2.75) is 5.92 Å². The molecule has 1 aliphatic heterocycles. The Morgan fingerprint density at radius 1 is 1.35 bits per heavy atom. The van der Waals surface area contributed by atoms with Gasteiger partial charge in [-0.05, 0) is 17.7 Å². The number of carbonyl (C=O) groups is 2. The summed E-state index contributed by atoms with van der Waals surface area (Å²) in [6.07, 6.45) is 1.27. The molecule has 1 fully saturated rings. The van der Waals surface area contributed by atoms with Crippen molar-refractivity contribution in [3.05, 3.63) is 63.1 Å². The van der Waals surface area contributed by atoms with Crippen LogP contribution in [0.25, 0.3) is 0 Å². The number of phenolic OH excluding ortho intramolecular Hbond substituents is 1. The summed E-state index contributed by atoms with van der Waals surface area (Å²) in [4.78, 5) is 24.6. The van der Waals surface area contributed by atoms with Gasteiger partial charge in [-0.25, -0.2) is 5.43 Å². The quantitative estimate of drug-likeness (QED) is 0.391. The molecule has 2 atom stereocenters. The average Bonchev–Trinajstić information content (AvgIpc) is 3.01. The van der Waals surface area contributed by atoms with Crippen molar-refractivity contribution in [2.75, 3.05) is 6.54 Å². The van der Waals surface area contributed by atoms with Crippen LogP contribution >= 0.6 is 27.5 Å². The topological polar surface area (TPSA) is 90.8 Å². The van der Waals surface area contributed by atoms with Crippen molar-refractivity contribution >= 4 is 45.6 Å². The Hall–Kier alpha value is -2.38. The van der Waals surface area contributed by atoms with Gasteiger partial charge in [0.05, 0.1) is 11.2 Å². The monoisotopic (exact) mass is 435 g/mol. The molecule has 3 N–H and O–H groups in total. The molecule has 0 radical (unpaired) electrons. The van der Waals surface area contributed by atoms with Crippen molar-refractivity contribution < 1.29 is 14.7 Å². The predicted molar refractivity (Wildman–Crippen MR) is 102 cm³/mol. The molecule has 2 aromatic carbocycles. The predicted octanol–water partition coefficient (Wildman–Crippen LogP) is 2.79. The van der Waals surface area contributed by atoms with E-state index in [1.165, 1.54) is 6.21 Å². The number of halogens is 2. The Balaban J connectivity index is 1.74. The van der Waals surface area contributed by atoms with E-state index in [1.807, 2.05) is 30.3 Å². The molecule has 134 valence electrons. The molecule has 26 heavy (non-hydrogen) atoms. The van der Waals surface area contributed by atoms with Crippen molar-refractivity contribution in [1.82, 2.24) is 10.7 Å². The minimum atomic E-state index is -0.866. The molecule has 8 heteroatoms. The lowest BCUT2D eigenvalue weighted by atomic mass is 9.88. The van der Waals surface area contributed by atoms with E-state index in [1.54, 1.807) is 12.1 Å². The molecule has 0 aliphatic carbocycles. The summed E-state index contributed by atoms with van der Waals surface area (Å²) < 4.78 is 0.660. The van der Waals surface area contributed by atoms with E-state index in [-0.39, 0.29) is 22.6 Å². The SMILES string of the molecule is O=C1NC[C@@H](c2ccccc2)[C@H]1C(=O)N/N=C/c1cc(Br)cc(Cl)c1O. The van der Waals surface area contributed by atoms with Crippen LogP contribution in [0.3, 0.4) is 0 Å². The molecule has 1 aliphatic rings. The number of hydrogen-bond acceptors (Lipinski definition) is 4. The van der Waals surface area contributed by atoms with Gasteiger partial charge in [-0.2, -0.15) is 5.10 Å². The lowest BCUT2D eigenvalue weighted by Crippen LogP contribution is -2.34. The summed E-state index contributed by atoms with van der Waals surface area (Å²) in [5, 5.41) is 16.6. The number of aromatic hydroxyl groups is 1. The first-order valence-electron chi connectivity index (χ1n) is 7.81. The van der Waals surface area contributed by atoms with Crippen LogP contribution in [0.15, 0.2) is 52.0 Å². The van der Waals surface area contributed by atoms with Gasteiger partial charge in [0.15, 0.2) is 0 Å². The fourth-order valence-electron chi connectivity index (χ4n) is 2.85. The van der Waals surface area contributed by atoms with Crippen LogP contribution < -0.4 is 10.7 Å². The first kappa shape index (κ1) is 18.4. The Labute approximate surface area is 163 Å². The van der Waals surface area contributed by atoms with E-state index in [2.05, 4.69) is 31.8 Å². The van der Waals surface area contributed by atoms with Crippen LogP contribution in [0.1, 0.15) is 17.0 Å². The second kappa shape index (κ2) is 7.88. The third-order valence-electron chi connectivity index (χ3n) is 4.13. The molecule has 2 aromatic rings. The van der Waals surface area contributed by atoms with E-state index in [9.17, 15) is 14.7 Å². The molecule has 3 rings (SSSR count). The van der Waals surface area contributed by atoms with Gasteiger partial charge in [0.1, 0.15) is 11.7 Å². The first-order valence-corrected chi connectivity index (χ1v) is 8.98. The van der Waals surface area contributed by atoms with E-state index >= 15 is 0 Å². The molecule has 0 bridgehead atoms. The fourth-order valence-corrected chi connectivity index (χ4v) is 3.69. The zero-order valence-corrected chi connectivity index (χ0v) is 15.8. The van der Waals surface area contributed by atoms with Crippen LogP contribution in [0, 0.1) is 5.92 Å². The van der Waals surface area contributed by atoms with Crippen molar-refractivity contribution in [3.8, 4) is 5.75 Å². The Morgan fingerprint density at radius 3 is 2.81 bits per heavy atom. The van der Waals surface area contributed by atoms with Crippen molar-refractivity contribution in [2.24, 2.45) is 11.0 Å². The molecule has 0 spiro atoms. The van der Waals surface area contributed by atoms with E-state index in [0.29, 0.717) is 16.6 Å². The lowest BCUT2D eigenvalue weighted by Gasteiger charge is -2.15. The Morgan fingerprint density at radius 2 is 2.08 bits per heavy atom. The second-order valence-corrected chi connectivity index (χ2v) is 7.12. The number of nitrogens with one attached hydrogen (secondary N) is 2. The van der Waals surface area contributed by atoms with E-state index < -0.39 is 11.8 Å². The lowest BCUT2D eigenvalue weighted by molar-refractivity contribution is -0.133. The fraction of sp³-hybridized carbons (Fsp3) is 0.167. The number of nitrogens with zero attached hydrogens (tertiary/aromatic N) is 1. The smallest absolute Gasteiger partial charge is 0.253 e. The van der Waals surface area contributed by atoms with Gasteiger partial charge in [0.25, 0.3) is 5.91 Å². The van der Waals surface area contributed by atoms with Crippen molar-refractivity contribution in [3.63, 3.8) is 0 Å². The Kier molecular flexibility index (Phi) is 5.58.